The van der Waals surface area contributed by atoms with E-state index in [2.05, 4.69) is 16.9 Å². The summed E-state index contributed by atoms with van der Waals surface area (Å²) in [6.07, 6.45) is 5.38. The molecule has 1 heterocycles. The van der Waals surface area contributed by atoms with Crippen molar-refractivity contribution >= 4 is 11.7 Å². The second-order valence-corrected chi connectivity index (χ2v) is 5.30. The zero-order valence-electron chi connectivity index (χ0n) is 11.2. The minimum atomic E-state index is 0.107. The van der Waals surface area contributed by atoms with Gasteiger partial charge in [0, 0.05) is 24.8 Å². The van der Waals surface area contributed by atoms with Crippen LogP contribution in [0.4, 0.5) is 5.82 Å². The summed E-state index contributed by atoms with van der Waals surface area (Å²) >= 11 is 0. The third-order valence-corrected chi connectivity index (χ3v) is 3.65. The van der Waals surface area contributed by atoms with Gasteiger partial charge in [0.2, 0.25) is 0 Å². The molecule has 98 valence electrons. The quantitative estimate of drug-likeness (QED) is 0.633. The molecule has 1 fully saturated rings. The third-order valence-electron chi connectivity index (χ3n) is 3.65. The van der Waals surface area contributed by atoms with Crippen molar-refractivity contribution in [2.45, 2.75) is 32.6 Å². The Hall–Kier alpha value is -1.58. The molecule has 0 aromatic carbocycles. The van der Waals surface area contributed by atoms with E-state index >= 15 is 0 Å². The molecule has 0 bridgehead atoms. The SMILES string of the molecule is Cc1cc(C(=N)N)cc(N(C)CC2CCCC2)n1. The highest BCUT2D eigenvalue weighted by Crippen LogP contribution is 2.26. The predicted molar refractivity (Wildman–Crippen MR) is 75.2 cm³/mol. The van der Waals surface area contributed by atoms with E-state index in [4.69, 9.17) is 11.1 Å². The molecule has 1 aromatic heterocycles. The van der Waals surface area contributed by atoms with E-state index in [-0.39, 0.29) is 5.84 Å². The van der Waals surface area contributed by atoms with Crippen LogP contribution in [0.3, 0.4) is 0 Å². The molecule has 1 aromatic rings. The molecule has 0 unspecified atom stereocenters. The van der Waals surface area contributed by atoms with Gasteiger partial charge in [-0.25, -0.2) is 4.98 Å². The summed E-state index contributed by atoms with van der Waals surface area (Å²) < 4.78 is 0. The number of rotatable bonds is 4. The Labute approximate surface area is 109 Å². The fraction of sp³-hybridized carbons (Fsp3) is 0.571. The molecule has 18 heavy (non-hydrogen) atoms. The van der Waals surface area contributed by atoms with E-state index in [1.165, 1.54) is 25.7 Å². The first-order chi connectivity index (χ1) is 8.56. The molecule has 0 saturated heterocycles. The number of nitrogens with one attached hydrogen (secondary N) is 1. The first kappa shape index (κ1) is 12.9. The number of aryl methyl sites for hydroxylation is 1. The molecule has 0 aliphatic heterocycles. The molecule has 0 atom stereocenters. The molecular formula is C14H22N4. The lowest BCUT2D eigenvalue weighted by Crippen LogP contribution is -2.25. The highest BCUT2D eigenvalue weighted by molar-refractivity contribution is 5.95. The van der Waals surface area contributed by atoms with Gasteiger partial charge < -0.3 is 10.6 Å². The molecule has 0 spiro atoms. The fourth-order valence-corrected chi connectivity index (χ4v) is 2.68. The maximum absolute atomic E-state index is 7.53. The van der Waals surface area contributed by atoms with E-state index < -0.39 is 0 Å². The minimum Gasteiger partial charge on any atom is -0.384 e. The molecule has 0 radical (unpaired) electrons. The van der Waals surface area contributed by atoms with Crippen molar-refractivity contribution in [3.63, 3.8) is 0 Å². The summed E-state index contributed by atoms with van der Waals surface area (Å²) in [7, 11) is 2.07. The highest BCUT2D eigenvalue weighted by atomic mass is 15.2. The van der Waals surface area contributed by atoms with Crippen molar-refractivity contribution in [3.8, 4) is 0 Å². The first-order valence-electron chi connectivity index (χ1n) is 6.60. The standard InChI is InChI=1S/C14H22N4/c1-10-7-12(14(15)16)8-13(17-10)18(2)9-11-5-3-4-6-11/h7-8,11H,3-6,9H2,1-2H3,(H3,15,16). The van der Waals surface area contributed by atoms with Crippen LogP contribution in [0.25, 0.3) is 0 Å². The van der Waals surface area contributed by atoms with Crippen molar-refractivity contribution in [3.05, 3.63) is 23.4 Å². The molecular weight excluding hydrogens is 224 g/mol. The van der Waals surface area contributed by atoms with E-state index in [1.807, 2.05) is 19.1 Å². The molecule has 0 amide bonds. The lowest BCUT2D eigenvalue weighted by Gasteiger charge is -2.22. The largest absolute Gasteiger partial charge is 0.384 e. The lowest BCUT2D eigenvalue weighted by molar-refractivity contribution is 0.545. The number of nitrogens with two attached hydrogens (primary N) is 1. The number of hydrogen-bond donors (Lipinski definition) is 2. The molecule has 1 aliphatic rings. The number of hydrogen-bond acceptors (Lipinski definition) is 3. The van der Waals surface area contributed by atoms with Gasteiger partial charge in [0.1, 0.15) is 11.7 Å². The second-order valence-electron chi connectivity index (χ2n) is 5.30. The number of amidine groups is 1. The number of nitrogens with zero attached hydrogens (tertiary/aromatic N) is 2. The Morgan fingerprint density at radius 1 is 1.44 bits per heavy atom. The molecule has 1 saturated carbocycles. The van der Waals surface area contributed by atoms with Gasteiger partial charge in [-0.2, -0.15) is 0 Å². The summed E-state index contributed by atoms with van der Waals surface area (Å²) in [6.45, 7) is 2.99. The van der Waals surface area contributed by atoms with Gasteiger partial charge in [0.25, 0.3) is 0 Å². The number of anilines is 1. The Balaban J connectivity index is 2.13. The average Bonchev–Trinajstić information content (AvgIpc) is 2.80. The van der Waals surface area contributed by atoms with Crippen molar-refractivity contribution in [2.24, 2.45) is 11.7 Å². The monoisotopic (exact) mass is 246 g/mol. The highest BCUT2D eigenvalue weighted by Gasteiger charge is 2.18. The molecule has 3 N–H and O–H groups in total. The average molecular weight is 246 g/mol. The van der Waals surface area contributed by atoms with Crippen LogP contribution < -0.4 is 10.6 Å². The van der Waals surface area contributed by atoms with Gasteiger partial charge in [0.05, 0.1) is 0 Å². The second kappa shape index (κ2) is 5.38. The van der Waals surface area contributed by atoms with Gasteiger partial charge in [0.15, 0.2) is 0 Å². The van der Waals surface area contributed by atoms with Crippen LogP contribution in [-0.2, 0) is 0 Å². The zero-order chi connectivity index (χ0) is 13.1. The minimum absolute atomic E-state index is 0.107. The fourth-order valence-electron chi connectivity index (χ4n) is 2.68. The van der Waals surface area contributed by atoms with Gasteiger partial charge in [-0.05, 0) is 37.8 Å². The third kappa shape index (κ3) is 3.00. The van der Waals surface area contributed by atoms with Crippen LogP contribution in [0.15, 0.2) is 12.1 Å². The normalized spacial score (nSPS) is 15.9. The summed E-state index contributed by atoms with van der Waals surface area (Å²) in [4.78, 5) is 6.72. The lowest BCUT2D eigenvalue weighted by atomic mass is 10.1. The Morgan fingerprint density at radius 2 is 2.11 bits per heavy atom. The van der Waals surface area contributed by atoms with Crippen LogP contribution in [0.2, 0.25) is 0 Å². The maximum Gasteiger partial charge on any atom is 0.129 e. The topological polar surface area (TPSA) is 66.0 Å². The van der Waals surface area contributed by atoms with E-state index in [0.717, 1.165) is 29.5 Å². The number of aromatic nitrogens is 1. The van der Waals surface area contributed by atoms with E-state index in [1.54, 1.807) is 0 Å². The number of pyridine rings is 1. The summed E-state index contributed by atoms with van der Waals surface area (Å²) in [5.41, 5.74) is 7.23. The van der Waals surface area contributed by atoms with Crippen LogP contribution in [0.1, 0.15) is 36.9 Å². The molecule has 1 aliphatic carbocycles. The van der Waals surface area contributed by atoms with Crippen molar-refractivity contribution in [1.82, 2.24) is 4.98 Å². The summed E-state index contributed by atoms with van der Waals surface area (Å²) in [5, 5.41) is 7.53. The molecule has 2 rings (SSSR count). The maximum atomic E-state index is 7.53. The Bertz CT molecular complexity index is 435. The summed E-state index contributed by atoms with van der Waals surface area (Å²) in [6, 6.07) is 3.76. The van der Waals surface area contributed by atoms with Crippen LogP contribution >= 0.6 is 0 Å². The smallest absolute Gasteiger partial charge is 0.129 e. The van der Waals surface area contributed by atoms with Gasteiger partial charge in [-0.15, -0.1) is 0 Å². The van der Waals surface area contributed by atoms with Crippen LogP contribution in [-0.4, -0.2) is 24.4 Å². The molecule has 4 nitrogen and oxygen atoms in total. The van der Waals surface area contributed by atoms with Crippen LogP contribution in [0.5, 0.6) is 0 Å². The van der Waals surface area contributed by atoms with Gasteiger partial charge >= 0.3 is 0 Å². The van der Waals surface area contributed by atoms with Crippen LogP contribution in [0, 0.1) is 18.3 Å². The van der Waals surface area contributed by atoms with Crippen molar-refractivity contribution < 1.29 is 0 Å². The first-order valence-corrected chi connectivity index (χ1v) is 6.60. The predicted octanol–water partition coefficient (Wildman–Crippen LogP) is 2.30. The summed E-state index contributed by atoms with van der Waals surface area (Å²) in [5.74, 6) is 1.82. The number of nitrogen functional groups attached to an aromatic ring is 1. The van der Waals surface area contributed by atoms with Gasteiger partial charge in [-0.1, -0.05) is 12.8 Å². The zero-order valence-corrected chi connectivity index (χ0v) is 11.2. The Morgan fingerprint density at radius 3 is 2.72 bits per heavy atom. The van der Waals surface area contributed by atoms with Crippen molar-refractivity contribution in [1.29, 1.82) is 5.41 Å². The van der Waals surface area contributed by atoms with E-state index in [0.29, 0.717) is 0 Å². The van der Waals surface area contributed by atoms with E-state index in [9.17, 15) is 0 Å². The Kier molecular flexibility index (Phi) is 3.84. The van der Waals surface area contributed by atoms with Gasteiger partial charge in [-0.3, -0.25) is 5.41 Å². The van der Waals surface area contributed by atoms with Crippen molar-refractivity contribution in [2.75, 3.05) is 18.5 Å². The molecule has 4 heteroatoms.